The Morgan fingerprint density at radius 2 is 0.289 bits per heavy atom. The van der Waals surface area contributed by atoms with E-state index in [2.05, 4.69) is 114 Å². The van der Waals surface area contributed by atoms with Gasteiger partial charge in [-0.25, -0.2) is 0 Å². The Kier molecular flexibility index (Phi) is 15.4. The van der Waals surface area contributed by atoms with Crippen molar-refractivity contribution in [3.63, 3.8) is 0 Å². The molecule has 0 unspecified atom stereocenters. The van der Waals surface area contributed by atoms with Gasteiger partial charge in [0.05, 0.1) is 39.6 Å². The van der Waals surface area contributed by atoms with E-state index in [1.165, 1.54) is 206 Å². The van der Waals surface area contributed by atoms with Gasteiger partial charge in [-0.05, 0) is 172 Å². The summed E-state index contributed by atoms with van der Waals surface area (Å²) >= 11 is 0. The smallest absolute Gasteiger partial charge is 0.169 e. The first kappa shape index (κ1) is 57.7. The number of rotatable bonds is 36. The molecule has 6 nitrogen and oxygen atoms in total. The molecule has 0 heterocycles. The van der Waals surface area contributed by atoms with Crippen LogP contribution in [0.5, 0.6) is 34.5 Å². The molecule has 0 saturated heterocycles. The lowest BCUT2D eigenvalue weighted by molar-refractivity contribution is 0.264. The lowest BCUT2D eigenvalue weighted by Crippen LogP contribution is -2.07. The first-order valence-electron chi connectivity index (χ1n) is 35.9. The molecule has 90 heavy (non-hydrogen) atoms. The van der Waals surface area contributed by atoms with Crippen LogP contribution in [0.4, 0.5) is 0 Å². The standard InChI is InChI=1S/C84H90O6/c1-7-13-19-25-43-85-79-55-37-31-49-51-33-39-57-69-63(51)75-73-61(49)67(55)68-56(80(79)86-44-26-20-14-8-2)38-32-50-52-34-40-58-70-64(52)76(74(73)62(50)68)78-66-54(36-42-60(72(66)70)84(90-48-30-24-18-12-6)82(58)88-46-28-22-16-10-4)53-35-41-59(71(69)65(53)77(75)78)83(89-47-29-23-17-11-5)81(57)87-45-27-21-15-9-3/h31-42H,7-30,43-48H2,1-6H3. The van der Waals surface area contributed by atoms with E-state index in [4.69, 9.17) is 28.4 Å². The van der Waals surface area contributed by atoms with Crippen LogP contribution in [0.2, 0.25) is 0 Å². The van der Waals surface area contributed by atoms with Crippen LogP contribution in [-0.4, -0.2) is 39.6 Å². The molecule has 0 amide bonds. The Labute approximate surface area is 529 Å². The Hall–Kier alpha value is -7.44. The molecule has 0 atom stereocenters. The maximum absolute atomic E-state index is 7.28. The van der Waals surface area contributed by atoms with Crippen molar-refractivity contribution in [3.8, 4) is 34.5 Å². The fourth-order valence-electron chi connectivity index (χ4n) is 17.3. The largest absolute Gasteiger partial charge is 0.489 e. The maximum atomic E-state index is 7.28. The van der Waals surface area contributed by atoms with Crippen LogP contribution in [0, 0.1) is 0 Å². The van der Waals surface area contributed by atoms with E-state index in [-0.39, 0.29) is 0 Å². The molecule has 16 aromatic rings. The summed E-state index contributed by atoms with van der Waals surface area (Å²) in [5.74, 6) is 5.41. The lowest BCUT2D eigenvalue weighted by Gasteiger charge is -2.32. The average molecular weight is 1200 g/mol. The molecule has 6 heteroatoms. The second-order valence-corrected chi connectivity index (χ2v) is 27.1. The van der Waals surface area contributed by atoms with Crippen molar-refractivity contribution < 1.29 is 28.4 Å². The fraction of sp³-hybridized carbons (Fsp3) is 0.429. The highest BCUT2D eigenvalue weighted by Crippen LogP contribution is 2.66. The Balaban J connectivity index is 1.10. The third kappa shape index (κ3) is 8.53. The number of hydrogen-bond donors (Lipinski definition) is 0. The minimum Gasteiger partial charge on any atom is -0.489 e. The maximum Gasteiger partial charge on any atom is 0.169 e. The summed E-state index contributed by atoms with van der Waals surface area (Å²) in [6, 6.07) is 29.2. The predicted octanol–water partition coefficient (Wildman–Crippen LogP) is 25.7. The van der Waals surface area contributed by atoms with Gasteiger partial charge in [0.1, 0.15) is 0 Å². The van der Waals surface area contributed by atoms with E-state index >= 15 is 0 Å². The lowest BCUT2D eigenvalue weighted by atomic mass is 9.71. The normalized spacial score (nSPS) is 13.0. The molecule has 0 N–H and O–H groups in total. The molecular formula is C84H90O6. The zero-order chi connectivity index (χ0) is 60.7. The van der Waals surface area contributed by atoms with E-state index < -0.39 is 0 Å². The van der Waals surface area contributed by atoms with Gasteiger partial charge in [0.25, 0.3) is 0 Å². The molecule has 0 aliphatic carbocycles. The first-order valence-corrected chi connectivity index (χ1v) is 35.9. The summed E-state index contributed by atoms with van der Waals surface area (Å²) in [6.45, 7) is 17.6. The molecule has 0 spiro atoms. The predicted molar refractivity (Wildman–Crippen MR) is 388 cm³/mol. The minimum atomic E-state index is 0.652. The third-order valence-corrected chi connectivity index (χ3v) is 21.4. The monoisotopic (exact) mass is 1190 g/mol. The van der Waals surface area contributed by atoms with Gasteiger partial charge in [-0.3, -0.25) is 0 Å². The van der Waals surface area contributed by atoms with Crippen molar-refractivity contribution in [2.75, 3.05) is 39.6 Å². The zero-order valence-electron chi connectivity index (χ0n) is 54.6. The topological polar surface area (TPSA) is 55.4 Å². The highest BCUT2D eigenvalue weighted by atomic mass is 16.5. The molecule has 0 radical (unpaired) electrons. The second-order valence-electron chi connectivity index (χ2n) is 27.1. The molecule has 16 aromatic carbocycles. The third-order valence-electron chi connectivity index (χ3n) is 21.4. The van der Waals surface area contributed by atoms with Gasteiger partial charge < -0.3 is 28.4 Å². The molecule has 0 fully saturated rings. The van der Waals surface area contributed by atoms with Gasteiger partial charge >= 0.3 is 0 Å². The fourth-order valence-corrected chi connectivity index (χ4v) is 17.3. The quantitative estimate of drug-likeness (QED) is 0.0222. The highest BCUT2D eigenvalue weighted by Gasteiger charge is 2.37. The van der Waals surface area contributed by atoms with Crippen LogP contribution >= 0.6 is 0 Å². The van der Waals surface area contributed by atoms with Gasteiger partial charge in [0, 0.05) is 64.6 Å². The van der Waals surface area contributed by atoms with Crippen molar-refractivity contribution in [3.05, 3.63) is 72.8 Å². The van der Waals surface area contributed by atoms with Gasteiger partial charge in [-0.2, -0.15) is 0 Å². The summed E-state index contributed by atoms with van der Waals surface area (Å²) < 4.78 is 43.7. The molecule has 462 valence electrons. The van der Waals surface area contributed by atoms with Crippen molar-refractivity contribution >= 4 is 162 Å². The Morgan fingerprint density at radius 3 is 0.433 bits per heavy atom. The first-order chi connectivity index (χ1) is 44.6. The van der Waals surface area contributed by atoms with E-state index in [0.717, 1.165) is 144 Å². The molecule has 0 aliphatic rings. The van der Waals surface area contributed by atoms with E-state index in [1.807, 2.05) is 0 Å². The van der Waals surface area contributed by atoms with Crippen molar-refractivity contribution in [2.45, 2.75) is 196 Å². The zero-order valence-corrected chi connectivity index (χ0v) is 54.6. The minimum absolute atomic E-state index is 0.652. The molecule has 0 aliphatic heterocycles. The highest BCUT2D eigenvalue weighted by molar-refractivity contribution is 6.64. The van der Waals surface area contributed by atoms with Crippen LogP contribution < -0.4 is 28.4 Å². The van der Waals surface area contributed by atoms with E-state index in [1.54, 1.807) is 0 Å². The van der Waals surface area contributed by atoms with Gasteiger partial charge in [0.15, 0.2) is 34.5 Å². The summed E-state index contributed by atoms with van der Waals surface area (Å²) in [7, 11) is 0. The summed E-state index contributed by atoms with van der Waals surface area (Å²) in [5.41, 5.74) is 0. The number of benzene rings is 16. The summed E-state index contributed by atoms with van der Waals surface area (Å²) in [6.07, 6.45) is 27.3. The van der Waals surface area contributed by atoms with E-state index in [0.29, 0.717) is 39.6 Å². The number of ether oxygens (including phenoxy) is 6. The van der Waals surface area contributed by atoms with Crippen LogP contribution in [0.15, 0.2) is 72.8 Å². The molecular weight excluding hydrogens is 1100 g/mol. The van der Waals surface area contributed by atoms with Crippen molar-refractivity contribution in [1.29, 1.82) is 0 Å². The number of fused-ring (bicyclic) bond motifs is 3. The molecule has 16 rings (SSSR count). The Bertz CT molecular complexity index is 4260. The number of unbranched alkanes of at least 4 members (excludes halogenated alkanes) is 18. The van der Waals surface area contributed by atoms with Crippen LogP contribution in [0.25, 0.3) is 162 Å². The average Bonchev–Trinajstić information content (AvgIpc) is 0.636. The van der Waals surface area contributed by atoms with Crippen LogP contribution in [-0.2, 0) is 0 Å². The summed E-state index contributed by atoms with van der Waals surface area (Å²) in [5, 5.41) is 38.8. The second kappa shape index (κ2) is 24.0. The summed E-state index contributed by atoms with van der Waals surface area (Å²) in [4.78, 5) is 0. The van der Waals surface area contributed by atoms with Crippen molar-refractivity contribution in [2.24, 2.45) is 0 Å². The van der Waals surface area contributed by atoms with Crippen LogP contribution in [0.3, 0.4) is 0 Å². The number of hydrogen-bond acceptors (Lipinski definition) is 6. The molecule has 0 bridgehead atoms. The molecule has 0 aromatic heterocycles. The van der Waals surface area contributed by atoms with Gasteiger partial charge in [0.2, 0.25) is 0 Å². The van der Waals surface area contributed by atoms with Gasteiger partial charge in [-0.15, -0.1) is 0 Å². The van der Waals surface area contributed by atoms with Crippen molar-refractivity contribution in [1.82, 2.24) is 0 Å². The SMILES string of the molecule is CCCCCCOc1c(OCCCCCC)c2ccc3c4ccc5c(OCCCCCC)c(OCCCCCC)c6ccc7c8ccc9c(OCCCCCC)c(OCCCCCC)c%10ccc%11c%12ccc1c1c2c3c2c(c%121)c1c%11c%10c9c8c1c1c7c6c5c4c21. The van der Waals surface area contributed by atoms with E-state index in [9.17, 15) is 0 Å². The van der Waals surface area contributed by atoms with Crippen LogP contribution in [0.1, 0.15) is 196 Å². The molecule has 0 saturated carbocycles. The Morgan fingerprint density at radius 1 is 0.156 bits per heavy atom. The van der Waals surface area contributed by atoms with Gasteiger partial charge in [-0.1, -0.05) is 194 Å².